The maximum absolute atomic E-state index is 11.3. The zero-order valence-corrected chi connectivity index (χ0v) is 11.5. The second-order valence-corrected chi connectivity index (χ2v) is 5.39. The van der Waals surface area contributed by atoms with E-state index in [4.69, 9.17) is 4.74 Å². The molecule has 1 aromatic rings. The van der Waals surface area contributed by atoms with Crippen molar-refractivity contribution in [1.82, 2.24) is 9.97 Å². The normalized spacial score (nSPS) is 22.8. The van der Waals surface area contributed by atoms with E-state index in [-0.39, 0.29) is 6.10 Å². The van der Waals surface area contributed by atoms with Crippen LogP contribution in [0.1, 0.15) is 27.2 Å². The molecule has 0 aliphatic carbocycles. The Morgan fingerprint density at radius 1 is 1.47 bits per heavy atom. The standard InChI is InChI=1S/C13H19N3O3/c1-9(2)19-11-10(14-5-6-15-11)16-7-4-13(3,8-16)12(17)18/h5-6,9H,4,7-8H2,1-3H3,(H,17,18). The van der Waals surface area contributed by atoms with E-state index in [0.29, 0.717) is 31.2 Å². The van der Waals surface area contributed by atoms with Crippen molar-refractivity contribution in [2.24, 2.45) is 5.41 Å². The number of anilines is 1. The lowest BCUT2D eigenvalue weighted by Gasteiger charge is -2.22. The van der Waals surface area contributed by atoms with Crippen molar-refractivity contribution in [3.05, 3.63) is 12.4 Å². The Morgan fingerprint density at radius 3 is 2.74 bits per heavy atom. The summed E-state index contributed by atoms with van der Waals surface area (Å²) >= 11 is 0. The minimum Gasteiger partial charge on any atom is -0.481 e. The van der Waals surface area contributed by atoms with Gasteiger partial charge in [-0.25, -0.2) is 9.97 Å². The number of carboxylic acid groups (broad SMARTS) is 1. The Balaban J connectivity index is 2.22. The van der Waals surface area contributed by atoms with Crippen LogP contribution in [0.5, 0.6) is 5.88 Å². The van der Waals surface area contributed by atoms with Crippen molar-refractivity contribution in [3.63, 3.8) is 0 Å². The molecule has 1 aliphatic rings. The maximum atomic E-state index is 11.3. The van der Waals surface area contributed by atoms with Crippen molar-refractivity contribution >= 4 is 11.8 Å². The number of aliphatic carboxylic acids is 1. The van der Waals surface area contributed by atoms with Crippen molar-refractivity contribution in [1.29, 1.82) is 0 Å². The van der Waals surface area contributed by atoms with Crippen LogP contribution in [-0.2, 0) is 4.79 Å². The second kappa shape index (κ2) is 5.03. The number of nitrogens with zero attached hydrogens (tertiary/aromatic N) is 3. The number of carboxylic acids is 1. The van der Waals surface area contributed by atoms with Crippen LogP contribution in [0.25, 0.3) is 0 Å². The zero-order valence-electron chi connectivity index (χ0n) is 11.5. The second-order valence-electron chi connectivity index (χ2n) is 5.39. The van der Waals surface area contributed by atoms with Crippen LogP contribution in [0.3, 0.4) is 0 Å². The highest BCUT2D eigenvalue weighted by molar-refractivity contribution is 5.76. The van der Waals surface area contributed by atoms with Gasteiger partial charge in [-0.3, -0.25) is 4.79 Å². The molecule has 6 heteroatoms. The van der Waals surface area contributed by atoms with Gasteiger partial charge >= 0.3 is 5.97 Å². The summed E-state index contributed by atoms with van der Waals surface area (Å²) in [6, 6.07) is 0. The van der Waals surface area contributed by atoms with E-state index >= 15 is 0 Å². The minimum atomic E-state index is -0.773. The monoisotopic (exact) mass is 265 g/mol. The van der Waals surface area contributed by atoms with Crippen molar-refractivity contribution < 1.29 is 14.6 Å². The Bertz CT molecular complexity index is 478. The molecule has 1 unspecified atom stereocenters. The third kappa shape index (κ3) is 2.77. The third-order valence-electron chi connectivity index (χ3n) is 3.28. The molecule has 1 aromatic heterocycles. The molecule has 2 rings (SSSR count). The van der Waals surface area contributed by atoms with Gasteiger partial charge in [0.15, 0.2) is 5.82 Å². The van der Waals surface area contributed by atoms with Crippen LogP contribution in [0.4, 0.5) is 5.82 Å². The quantitative estimate of drug-likeness (QED) is 0.890. The minimum absolute atomic E-state index is 0.00362. The van der Waals surface area contributed by atoms with Gasteiger partial charge in [0, 0.05) is 25.5 Å². The largest absolute Gasteiger partial charge is 0.481 e. The Kier molecular flexibility index (Phi) is 3.59. The van der Waals surface area contributed by atoms with E-state index in [1.54, 1.807) is 19.3 Å². The van der Waals surface area contributed by atoms with Crippen LogP contribution in [0.2, 0.25) is 0 Å². The van der Waals surface area contributed by atoms with Crippen molar-refractivity contribution in [2.45, 2.75) is 33.3 Å². The van der Waals surface area contributed by atoms with Crippen molar-refractivity contribution in [3.8, 4) is 5.88 Å². The zero-order chi connectivity index (χ0) is 14.0. The van der Waals surface area contributed by atoms with Crippen LogP contribution in [0, 0.1) is 5.41 Å². The summed E-state index contributed by atoms with van der Waals surface area (Å²) in [7, 11) is 0. The smallest absolute Gasteiger partial charge is 0.311 e. The molecule has 1 aliphatic heterocycles. The number of rotatable bonds is 4. The molecule has 104 valence electrons. The molecule has 0 bridgehead atoms. The average Bonchev–Trinajstić information content (AvgIpc) is 2.73. The van der Waals surface area contributed by atoms with Gasteiger partial charge in [-0.15, -0.1) is 0 Å². The predicted molar refractivity (Wildman–Crippen MR) is 70.4 cm³/mol. The lowest BCUT2D eigenvalue weighted by atomic mass is 9.90. The van der Waals surface area contributed by atoms with Crippen LogP contribution >= 0.6 is 0 Å². The topological polar surface area (TPSA) is 75.6 Å². The molecule has 0 radical (unpaired) electrons. The maximum Gasteiger partial charge on any atom is 0.311 e. The SMILES string of the molecule is CC(C)Oc1nccnc1N1CCC(C)(C(=O)O)C1. The molecule has 0 amide bonds. The molecule has 0 saturated carbocycles. The van der Waals surface area contributed by atoms with Crippen LogP contribution in [0.15, 0.2) is 12.4 Å². The van der Waals surface area contributed by atoms with Gasteiger partial charge in [0.05, 0.1) is 11.5 Å². The molecule has 0 aromatic carbocycles. The summed E-state index contributed by atoms with van der Waals surface area (Å²) in [4.78, 5) is 21.7. The first-order chi connectivity index (χ1) is 8.92. The average molecular weight is 265 g/mol. The number of hydrogen-bond acceptors (Lipinski definition) is 5. The Labute approximate surface area is 112 Å². The van der Waals surface area contributed by atoms with E-state index in [2.05, 4.69) is 9.97 Å². The lowest BCUT2D eigenvalue weighted by Crippen LogP contribution is -2.32. The molecule has 19 heavy (non-hydrogen) atoms. The van der Waals surface area contributed by atoms with Gasteiger partial charge in [-0.2, -0.15) is 0 Å². The third-order valence-corrected chi connectivity index (χ3v) is 3.28. The highest BCUT2D eigenvalue weighted by Crippen LogP contribution is 2.35. The van der Waals surface area contributed by atoms with E-state index in [1.807, 2.05) is 18.7 Å². The fraction of sp³-hybridized carbons (Fsp3) is 0.615. The van der Waals surface area contributed by atoms with Gasteiger partial charge in [-0.05, 0) is 27.2 Å². The molecule has 2 heterocycles. The molecule has 0 spiro atoms. The molecule has 1 atom stereocenters. The molecule has 6 nitrogen and oxygen atoms in total. The number of ether oxygens (including phenoxy) is 1. The van der Waals surface area contributed by atoms with Gasteiger partial charge < -0.3 is 14.7 Å². The van der Waals surface area contributed by atoms with E-state index in [1.165, 1.54) is 0 Å². The fourth-order valence-corrected chi connectivity index (χ4v) is 2.16. The highest BCUT2D eigenvalue weighted by atomic mass is 16.5. The van der Waals surface area contributed by atoms with Crippen molar-refractivity contribution in [2.75, 3.05) is 18.0 Å². The first kappa shape index (κ1) is 13.6. The first-order valence-electron chi connectivity index (χ1n) is 6.38. The molecule has 1 saturated heterocycles. The summed E-state index contributed by atoms with van der Waals surface area (Å²) in [5.41, 5.74) is -0.730. The number of carbonyl (C=O) groups is 1. The highest BCUT2D eigenvalue weighted by Gasteiger charge is 2.41. The van der Waals surface area contributed by atoms with Crippen LogP contribution < -0.4 is 9.64 Å². The number of aromatic nitrogens is 2. The Hall–Kier alpha value is -1.85. The van der Waals surface area contributed by atoms with Gasteiger partial charge in [0.25, 0.3) is 5.88 Å². The first-order valence-corrected chi connectivity index (χ1v) is 6.38. The molecular formula is C13H19N3O3. The summed E-state index contributed by atoms with van der Waals surface area (Å²) in [6.07, 6.45) is 3.77. The molecule has 1 N–H and O–H groups in total. The fourth-order valence-electron chi connectivity index (χ4n) is 2.16. The summed E-state index contributed by atoms with van der Waals surface area (Å²) in [6.45, 7) is 6.67. The van der Waals surface area contributed by atoms with Gasteiger partial charge in [0.1, 0.15) is 0 Å². The summed E-state index contributed by atoms with van der Waals surface area (Å²) in [5.74, 6) is 0.318. The lowest BCUT2D eigenvalue weighted by molar-refractivity contribution is -0.146. The predicted octanol–water partition coefficient (Wildman–Crippen LogP) is 1.56. The van der Waals surface area contributed by atoms with Gasteiger partial charge in [0.2, 0.25) is 0 Å². The van der Waals surface area contributed by atoms with E-state index in [9.17, 15) is 9.90 Å². The molecular weight excluding hydrogens is 246 g/mol. The van der Waals surface area contributed by atoms with E-state index < -0.39 is 11.4 Å². The summed E-state index contributed by atoms with van der Waals surface area (Å²) < 4.78 is 5.62. The molecule has 1 fully saturated rings. The van der Waals surface area contributed by atoms with Crippen LogP contribution in [-0.4, -0.2) is 40.2 Å². The Morgan fingerprint density at radius 2 is 2.16 bits per heavy atom. The van der Waals surface area contributed by atoms with E-state index in [0.717, 1.165) is 0 Å². The number of hydrogen-bond donors (Lipinski definition) is 1. The summed E-state index contributed by atoms with van der Waals surface area (Å²) in [5, 5.41) is 9.26. The van der Waals surface area contributed by atoms with Gasteiger partial charge in [-0.1, -0.05) is 0 Å².